The van der Waals surface area contributed by atoms with Gasteiger partial charge < -0.3 is 9.73 Å². The second-order valence-corrected chi connectivity index (χ2v) is 7.41. The van der Waals surface area contributed by atoms with Crippen LogP contribution in [0.15, 0.2) is 57.7 Å². The summed E-state index contributed by atoms with van der Waals surface area (Å²) in [4.78, 5) is 36.6. The highest BCUT2D eigenvalue weighted by molar-refractivity contribution is 6.08. The number of carbonyl (C=O) groups is 2. The van der Waals surface area contributed by atoms with Gasteiger partial charge in [-0.05, 0) is 42.7 Å². The van der Waals surface area contributed by atoms with Crippen molar-refractivity contribution in [2.45, 2.75) is 45.4 Å². The molecule has 1 heterocycles. The Morgan fingerprint density at radius 2 is 1.71 bits per heavy atom. The largest absolute Gasteiger partial charge is 0.448 e. The maximum absolute atomic E-state index is 12.7. The maximum Gasteiger partial charge on any atom is 0.310 e. The van der Waals surface area contributed by atoms with Crippen molar-refractivity contribution in [3.63, 3.8) is 0 Å². The first-order valence-corrected chi connectivity index (χ1v) is 10.4. The molecule has 0 fully saturated rings. The summed E-state index contributed by atoms with van der Waals surface area (Å²) in [5.41, 5.74) is 2.94. The number of para-hydroxylation sites is 1. The molecule has 0 unspecified atom stereocenters. The van der Waals surface area contributed by atoms with Crippen LogP contribution in [-0.2, 0) is 6.42 Å². The summed E-state index contributed by atoms with van der Waals surface area (Å²) < 4.78 is 5.47. The lowest BCUT2D eigenvalue weighted by atomic mass is 10.0. The van der Waals surface area contributed by atoms with E-state index in [1.165, 1.54) is 42.8 Å². The fraction of sp³-hybridized carbons (Fsp3) is 0.292. The molecule has 1 aromatic heterocycles. The first kappa shape index (κ1) is 22.2. The number of hydrogen-bond acceptors (Lipinski definition) is 5. The van der Waals surface area contributed by atoms with Crippen molar-refractivity contribution in [3.8, 4) is 0 Å². The predicted molar refractivity (Wildman–Crippen MR) is 119 cm³/mol. The molecular weight excluding hydrogens is 396 g/mol. The van der Waals surface area contributed by atoms with Gasteiger partial charge in [-0.1, -0.05) is 50.8 Å². The molecule has 7 nitrogen and oxygen atoms in total. The summed E-state index contributed by atoms with van der Waals surface area (Å²) >= 11 is 0. The Balaban J connectivity index is 1.75. The Bertz CT molecular complexity index is 1120. The van der Waals surface area contributed by atoms with Crippen molar-refractivity contribution in [1.29, 1.82) is 0 Å². The van der Waals surface area contributed by atoms with Gasteiger partial charge in [-0.25, -0.2) is 5.48 Å². The van der Waals surface area contributed by atoms with Gasteiger partial charge in [0.05, 0.1) is 11.1 Å². The maximum atomic E-state index is 12.7. The fourth-order valence-corrected chi connectivity index (χ4v) is 3.39. The molecule has 3 aromatic rings. The van der Waals surface area contributed by atoms with Crippen LogP contribution in [0.3, 0.4) is 0 Å². The van der Waals surface area contributed by atoms with Crippen molar-refractivity contribution >= 4 is 28.5 Å². The highest BCUT2D eigenvalue weighted by Crippen LogP contribution is 2.23. The normalized spacial score (nSPS) is 10.8. The van der Waals surface area contributed by atoms with E-state index in [2.05, 4.69) is 12.2 Å². The molecule has 0 saturated carbocycles. The summed E-state index contributed by atoms with van der Waals surface area (Å²) in [6.45, 7) is 2.19. The molecule has 0 bridgehead atoms. The predicted octanol–water partition coefficient (Wildman–Crippen LogP) is 4.68. The number of carbonyl (C=O) groups excluding carboxylic acids is 2. The van der Waals surface area contributed by atoms with Gasteiger partial charge in [0.25, 0.3) is 5.91 Å². The standard InChI is InChI=1S/C24H26N2O5/c1-2-3-4-5-6-8-16-11-13-17(14-12-16)23(28)25-19-10-7-9-18-20(27)15-21(24(29)26-30)31-22(18)19/h7,9-15,30H,2-6,8H2,1H3,(H,25,28)(H,26,29). The molecular formula is C24H26N2O5. The van der Waals surface area contributed by atoms with Crippen LogP contribution in [0.5, 0.6) is 0 Å². The summed E-state index contributed by atoms with van der Waals surface area (Å²) in [5.74, 6) is -1.67. The highest BCUT2D eigenvalue weighted by Gasteiger charge is 2.15. The average molecular weight is 422 g/mol. The Hall–Kier alpha value is -3.45. The lowest BCUT2D eigenvalue weighted by Crippen LogP contribution is -2.20. The van der Waals surface area contributed by atoms with Crippen LogP contribution < -0.4 is 16.2 Å². The van der Waals surface area contributed by atoms with Crippen LogP contribution in [0.1, 0.15) is 65.5 Å². The Labute approximate surface area is 180 Å². The van der Waals surface area contributed by atoms with Crippen molar-refractivity contribution < 1.29 is 19.2 Å². The third-order valence-corrected chi connectivity index (χ3v) is 5.11. The first-order chi connectivity index (χ1) is 15.0. The number of fused-ring (bicyclic) bond motifs is 1. The van der Waals surface area contributed by atoms with Crippen molar-refractivity contribution in [2.75, 3.05) is 5.32 Å². The van der Waals surface area contributed by atoms with Gasteiger partial charge in [0, 0.05) is 11.6 Å². The average Bonchev–Trinajstić information content (AvgIpc) is 2.79. The Morgan fingerprint density at radius 1 is 0.968 bits per heavy atom. The van der Waals surface area contributed by atoms with E-state index in [1.54, 1.807) is 24.3 Å². The van der Waals surface area contributed by atoms with Crippen LogP contribution in [0.25, 0.3) is 11.0 Å². The molecule has 7 heteroatoms. The zero-order valence-electron chi connectivity index (χ0n) is 17.4. The lowest BCUT2D eigenvalue weighted by molar-refractivity contribution is 0.0676. The first-order valence-electron chi connectivity index (χ1n) is 10.4. The summed E-state index contributed by atoms with van der Waals surface area (Å²) in [6.07, 6.45) is 7.05. The molecule has 0 radical (unpaired) electrons. The Kier molecular flexibility index (Phi) is 7.56. The fourth-order valence-electron chi connectivity index (χ4n) is 3.39. The van der Waals surface area contributed by atoms with Gasteiger partial charge in [0.2, 0.25) is 0 Å². The number of hydroxylamine groups is 1. The zero-order valence-corrected chi connectivity index (χ0v) is 17.4. The van der Waals surface area contributed by atoms with E-state index in [1.807, 2.05) is 12.1 Å². The van der Waals surface area contributed by atoms with Crippen molar-refractivity contribution in [3.05, 3.63) is 75.6 Å². The number of aryl methyl sites for hydroxylation is 1. The van der Waals surface area contributed by atoms with E-state index in [0.717, 1.165) is 18.9 Å². The molecule has 2 amide bonds. The summed E-state index contributed by atoms with van der Waals surface area (Å²) in [5, 5.41) is 11.7. The number of benzene rings is 2. The lowest BCUT2D eigenvalue weighted by Gasteiger charge is -2.09. The van der Waals surface area contributed by atoms with E-state index in [-0.39, 0.29) is 28.3 Å². The molecule has 0 saturated heterocycles. The second-order valence-electron chi connectivity index (χ2n) is 7.41. The topological polar surface area (TPSA) is 109 Å². The molecule has 162 valence electrons. The van der Waals surface area contributed by atoms with E-state index >= 15 is 0 Å². The molecule has 2 aromatic carbocycles. The van der Waals surface area contributed by atoms with Crippen LogP contribution in [0.4, 0.5) is 5.69 Å². The van der Waals surface area contributed by atoms with Gasteiger partial charge in [0.1, 0.15) is 0 Å². The number of hydrogen-bond donors (Lipinski definition) is 3. The molecule has 31 heavy (non-hydrogen) atoms. The highest BCUT2D eigenvalue weighted by atomic mass is 16.5. The number of rotatable bonds is 9. The van der Waals surface area contributed by atoms with Crippen LogP contribution in [0, 0.1) is 0 Å². The van der Waals surface area contributed by atoms with Gasteiger partial charge in [0.15, 0.2) is 16.8 Å². The van der Waals surface area contributed by atoms with Gasteiger partial charge in [-0.2, -0.15) is 0 Å². The monoisotopic (exact) mass is 422 g/mol. The zero-order chi connectivity index (χ0) is 22.2. The van der Waals surface area contributed by atoms with Gasteiger partial charge in [-0.3, -0.25) is 19.6 Å². The molecule has 0 atom stereocenters. The number of amides is 2. The molecule has 3 N–H and O–H groups in total. The minimum atomic E-state index is -0.953. The van der Waals surface area contributed by atoms with Crippen molar-refractivity contribution in [2.24, 2.45) is 0 Å². The van der Waals surface area contributed by atoms with Crippen LogP contribution in [-0.4, -0.2) is 17.0 Å². The SMILES string of the molecule is CCCCCCCc1ccc(C(=O)Nc2cccc3c(=O)cc(C(=O)NO)oc23)cc1. The summed E-state index contributed by atoms with van der Waals surface area (Å²) in [6, 6.07) is 13.1. The summed E-state index contributed by atoms with van der Waals surface area (Å²) in [7, 11) is 0. The van der Waals surface area contributed by atoms with Crippen LogP contribution in [0.2, 0.25) is 0 Å². The number of nitrogens with one attached hydrogen (secondary N) is 2. The Morgan fingerprint density at radius 3 is 2.42 bits per heavy atom. The molecule has 0 aliphatic carbocycles. The van der Waals surface area contributed by atoms with Gasteiger partial charge >= 0.3 is 5.91 Å². The molecule has 0 aliphatic rings. The second kappa shape index (κ2) is 10.5. The number of anilines is 1. The van der Waals surface area contributed by atoms with Crippen molar-refractivity contribution in [1.82, 2.24) is 5.48 Å². The minimum Gasteiger partial charge on any atom is -0.448 e. The third kappa shape index (κ3) is 5.58. The van der Waals surface area contributed by atoms with E-state index < -0.39 is 11.3 Å². The van der Waals surface area contributed by atoms with Crippen LogP contribution >= 0.6 is 0 Å². The minimum absolute atomic E-state index is 0.0608. The van der Waals surface area contributed by atoms with E-state index in [0.29, 0.717) is 5.56 Å². The molecule has 0 spiro atoms. The van der Waals surface area contributed by atoms with E-state index in [9.17, 15) is 14.4 Å². The smallest absolute Gasteiger partial charge is 0.310 e. The quantitative estimate of drug-likeness (QED) is 0.264. The van der Waals surface area contributed by atoms with E-state index in [4.69, 9.17) is 9.62 Å². The number of unbranched alkanes of at least 4 members (excludes halogenated alkanes) is 4. The molecule has 0 aliphatic heterocycles. The third-order valence-electron chi connectivity index (χ3n) is 5.11. The van der Waals surface area contributed by atoms with Gasteiger partial charge in [-0.15, -0.1) is 0 Å². The molecule has 3 rings (SSSR count).